The van der Waals surface area contributed by atoms with E-state index >= 15 is 0 Å². The van der Waals surface area contributed by atoms with Crippen LogP contribution in [0.15, 0.2) is 41.0 Å². The standard InChI is InChI=1S/C16H17ClN2O2/c1-11(17)16-18-14-6-5-13(20-2)10-15(14)19(16)8-7-12-4-3-9-21-12/h3-6,9-11H,7-8H2,1-2H3. The maximum Gasteiger partial charge on any atom is 0.127 e. The van der Waals surface area contributed by atoms with Crippen molar-refractivity contribution in [3.8, 4) is 5.75 Å². The predicted molar refractivity (Wildman–Crippen MR) is 83.0 cm³/mol. The summed E-state index contributed by atoms with van der Waals surface area (Å²) in [6.45, 7) is 2.70. The first-order valence-corrected chi connectivity index (χ1v) is 7.33. The van der Waals surface area contributed by atoms with Crippen LogP contribution in [-0.2, 0) is 13.0 Å². The molecule has 3 rings (SSSR count). The number of rotatable bonds is 5. The lowest BCUT2D eigenvalue weighted by Crippen LogP contribution is -2.06. The van der Waals surface area contributed by atoms with E-state index in [1.807, 2.05) is 37.3 Å². The van der Waals surface area contributed by atoms with Crippen molar-refractivity contribution in [2.75, 3.05) is 7.11 Å². The minimum Gasteiger partial charge on any atom is -0.497 e. The molecule has 0 saturated carbocycles. The number of imidazole rings is 1. The number of hydrogen-bond donors (Lipinski definition) is 0. The number of ether oxygens (including phenoxy) is 1. The Bertz CT molecular complexity index is 732. The second-order valence-electron chi connectivity index (χ2n) is 4.92. The molecule has 2 aromatic heterocycles. The zero-order valence-electron chi connectivity index (χ0n) is 12.0. The lowest BCUT2D eigenvalue weighted by molar-refractivity contribution is 0.415. The van der Waals surface area contributed by atoms with Crippen molar-refractivity contribution in [1.82, 2.24) is 9.55 Å². The van der Waals surface area contributed by atoms with Crippen LogP contribution in [0.2, 0.25) is 0 Å². The van der Waals surface area contributed by atoms with Crippen LogP contribution >= 0.6 is 11.6 Å². The van der Waals surface area contributed by atoms with Gasteiger partial charge in [-0.2, -0.15) is 0 Å². The minimum atomic E-state index is -0.153. The maximum absolute atomic E-state index is 6.28. The number of aromatic nitrogens is 2. The molecule has 2 heterocycles. The van der Waals surface area contributed by atoms with Gasteiger partial charge in [0.05, 0.1) is 29.8 Å². The molecule has 3 aromatic rings. The van der Waals surface area contributed by atoms with E-state index in [1.165, 1.54) is 0 Å². The molecular formula is C16H17ClN2O2. The Hall–Kier alpha value is -1.94. The summed E-state index contributed by atoms with van der Waals surface area (Å²) in [6, 6.07) is 9.74. The van der Waals surface area contributed by atoms with Crippen LogP contribution in [-0.4, -0.2) is 16.7 Å². The monoisotopic (exact) mass is 304 g/mol. The van der Waals surface area contributed by atoms with Crippen molar-refractivity contribution >= 4 is 22.6 Å². The van der Waals surface area contributed by atoms with Gasteiger partial charge >= 0.3 is 0 Å². The van der Waals surface area contributed by atoms with Crippen molar-refractivity contribution in [2.24, 2.45) is 0 Å². The number of benzene rings is 1. The summed E-state index contributed by atoms with van der Waals surface area (Å²) < 4.78 is 12.8. The van der Waals surface area contributed by atoms with Gasteiger partial charge in [-0.05, 0) is 31.2 Å². The molecule has 1 unspecified atom stereocenters. The molecule has 0 aliphatic rings. The van der Waals surface area contributed by atoms with Gasteiger partial charge in [0, 0.05) is 19.0 Å². The fourth-order valence-corrected chi connectivity index (χ4v) is 2.63. The molecule has 0 aliphatic carbocycles. The van der Waals surface area contributed by atoms with E-state index in [0.29, 0.717) is 0 Å². The van der Waals surface area contributed by atoms with E-state index in [0.717, 1.165) is 41.3 Å². The number of furan rings is 1. The number of aryl methyl sites for hydroxylation is 2. The first kappa shape index (κ1) is 14.0. The Morgan fingerprint density at radius 1 is 1.38 bits per heavy atom. The van der Waals surface area contributed by atoms with Crippen molar-refractivity contribution in [1.29, 1.82) is 0 Å². The van der Waals surface area contributed by atoms with Crippen molar-refractivity contribution < 1.29 is 9.15 Å². The van der Waals surface area contributed by atoms with Crippen LogP contribution in [0.3, 0.4) is 0 Å². The molecule has 4 nitrogen and oxygen atoms in total. The minimum absolute atomic E-state index is 0.153. The van der Waals surface area contributed by atoms with Gasteiger partial charge in [-0.25, -0.2) is 4.98 Å². The molecule has 0 amide bonds. The summed E-state index contributed by atoms with van der Waals surface area (Å²) in [5.74, 6) is 2.63. The molecule has 5 heteroatoms. The SMILES string of the molecule is COc1ccc2nc(C(C)Cl)n(CCc3ccco3)c2c1. The van der Waals surface area contributed by atoms with Crippen LogP contribution in [0, 0.1) is 0 Å². The number of hydrogen-bond acceptors (Lipinski definition) is 3. The van der Waals surface area contributed by atoms with Crippen LogP contribution in [0.5, 0.6) is 5.75 Å². The van der Waals surface area contributed by atoms with Crippen molar-refractivity contribution in [3.63, 3.8) is 0 Å². The van der Waals surface area contributed by atoms with E-state index in [4.69, 9.17) is 20.8 Å². The first-order chi connectivity index (χ1) is 10.2. The molecule has 0 bridgehead atoms. The van der Waals surface area contributed by atoms with Gasteiger partial charge in [-0.15, -0.1) is 11.6 Å². The third-order valence-corrected chi connectivity index (χ3v) is 3.70. The Morgan fingerprint density at radius 3 is 2.90 bits per heavy atom. The third kappa shape index (κ3) is 2.76. The molecule has 0 radical (unpaired) electrons. The van der Waals surface area contributed by atoms with Gasteiger partial charge < -0.3 is 13.7 Å². The van der Waals surface area contributed by atoms with Gasteiger partial charge in [0.1, 0.15) is 17.3 Å². The summed E-state index contributed by atoms with van der Waals surface area (Å²) in [6.07, 6.45) is 2.49. The number of fused-ring (bicyclic) bond motifs is 1. The average Bonchev–Trinajstić information content (AvgIpc) is 3.11. The van der Waals surface area contributed by atoms with Crippen LogP contribution in [0.1, 0.15) is 23.9 Å². The molecule has 0 aliphatic heterocycles. The Morgan fingerprint density at radius 2 is 2.24 bits per heavy atom. The van der Waals surface area contributed by atoms with E-state index in [2.05, 4.69) is 9.55 Å². The van der Waals surface area contributed by atoms with Crippen molar-refractivity contribution in [3.05, 3.63) is 48.2 Å². The molecule has 0 N–H and O–H groups in total. The maximum atomic E-state index is 6.28. The lowest BCUT2D eigenvalue weighted by atomic mass is 10.2. The van der Waals surface area contributed by atoms with Gasteiger partial charge in [-0.1, -0.05) is 0 Å². The molecule has 0 fully saturated rings. The molecular weight excluding hydrogens is 288 g/mol. The zero-order chi connectivity index (χ0) is 14.8. The number of nitrogens with zero attached hydrogens (tertiary/aromatic N) is 2. The smallest absolute Gasteiger partial charge is 0.127 e. The molecule has 1 atom stereocenters. The Balaban J connectivity index is 2.01. The second kappa shape index (κ2) is 5.82. The lowest BCUT2D eigenvalue weighted by Gasteiger charge is -2.10. The second-order valence-corrected chi connectivity index (χ2v) is 5.58. The van der Waals surface area contributed by atoms with Gasteiger partial charge in [-0.3, -0.25) is 0 Å². The van der Waals surface area contributed by atoms with Crippen LogP contribution in [0.25, 0.3) is 11.0 Å². The summed E-state index contributed by atoms with van der Waals surface area (Å²) in [4.78, 5) is 4.63. The van der Waals surface area contributed by atoms with E-state index in [9.17, 15) is 0 Å². The first-order valence-electron chi connectivity index (χ1n) is 6.89. The summed E-state index contributed by atoms with van der Waals surface area (Å²) >= 11 is 6.28. The van der Waals surface area contributed by atoms with Gasteiger partial charge in [0.25, 0.3) is 0 Å². The summed E-state index contributed by atoms with van der Waals surface area (Å²) in [5.41, 5.74) is 1.96. The largest absolute Gasteiger partial charge is 0.497 e. The molecule has 0 saturated heterocycles. The highest BCUT2D eigenvalue weighted by molar-refractivity contribution is 6.20. The number of methoxy groups -OCH3 is 1. The van der Waals surface area contributed by atoms with Crippen LogP contribution < -0.4 is 4.74 Å². The van der Waals surface area contributed by atoms with Crippen molar-refractivity contribution in [2.45, 2.75) is 25.3 Å². The highest BCUT2D eigenvalue weighted by atomic mass is 35.5. The number of alkyl halides is 1. The Kier molecular flexibility index (Phi) is 3.88. The van der Waals surface area contributed by atoms with Gasteiger partial charge in [0.2, 0.25) is 0 Å². The van der Waals surface area contributed by atoms with Crippen LogP contribution in [0.4, 0.5) is 0 Å². The topological polar surface area (TPSA) is 40.2 Å². The van der Waals surface area contributed by atoms with Gasteiger partial charge in [0.15, 0.2) is 0 Å². The average molecular weight is 305 g/mol. The zero-order valence-corrected chi connectivity index (χ0v) is 12.8. The van der Waals surface area contributed by atoms with E-state index in [1.54, 1.807) is 13.4 Å². The summed E-state index contributed by atoms with van der Waals surface area (Å²) in [7, 11) is 1.66. The molecule has 0 spiro atoms. The van der Waals surface area contributed by atoms with E-state index < -0.39 is 0 Å². The fourth-order valence-electron chi connectivity index (χ4n) is 2.46. The molecule has 110 valence electrons. The highest BCUT2D eigenvalue weighted by Gasteiger charge is 2.15. The summed E-state index contributed by atoms with van der Waals surface area (Å²) in [5, 5.41) is -0.153. The fraction of sp³-hybridized carbons (Fsp3) is 0.312. The molecule has 21 heavy (non-hydrogen) atoms. The molecule has 1 aromatic carbocycles. The highest BCUT2D eigenvalue weighted by Crippen LogP contribution is 2.27. The van der Waals surface area contributed by atoms with E-state index in [-0.39, 0.29) is 5.38 Å². The Labute approximate surface area is 128 Å². The number of halogens is 1. The third-order valence-electron chi connectivity index (χ3n) is 3.50. The predicted octanol–water partition coefficient (Wildman–Crippen LogP) is 4.18. The normalized spacial score (nSPS) is 12.7. The quantitative estimate of drug-likeness (QED) is 0.664.